The van der Waals surface area contributed by atoms with Gasteiger partial charge in [-0.3, -0.25) is 9.52 Å². The first-order chi connectivity index (χ1) is 11.9. The van der Waals surface area contributed by atoms with E-state index in [1.807, 2.05) is 0 Å². The molecule has 0 saturated heterocycles. The number of carbonyl (C=O) groups excluding carboxylic acids is 1. The molecule has 3 N–H and O–H groups in total. The molecule has 2 aromatic carbocycles. The smallest absolute Gasteiger partial charge is 0.255 e. The minimum atomic E-state index is -3.68. The van der Waals surface area contributed by atoms with Gasteiger partial charge in [-0.2, -0.15) is 0 Å². The SMILES string of the molecule is NC(=O)CCSc1ccccc1NS(=O)(=O)C=Cc1ccc(Cl)cc1. The zero-order chi connectivity index (χ0) is 18.3. The van der Waals surface area contributed by atoms with Crippen LogP contribution in [-0.4, -0.2) is 20.1 Å². The Morgan fingerprint density at radius 2 is 1.84 bits per heavy atom. The summed E-state index contributed by atoms with van der Waals surface area (Å²) in [6.07, 6.45) is 1.71. The normalized spacial score (nSPS) is 11.6. The number of carbonyl (C=O) groups is 1. The minimum Gasteiger partial charge on any atom is -0.370 e. The van der Waals surface area contributed by atoms with Gasteiger partial charge in [0.05, 0.1) is 11.1 Å². The van der Waals surface area contributed by atoms with Gasteiger partial charge in [0, 0.05) is 22.1 Å². The summed E-state index contributed by atoms with van der Waals surface area (Å²) in [5.74, 6) is 0.0887. The van der Waals surface area contributed by atoms with Crippen molar-refractivity contribution in [1.29, 1.82) is 0 Å². The molecule has 1 amide bonds. The molecule has 0 unspecified atom stereocenters. The second-order valence-corrected chi connectivity index (χ2v) is 8.20. The molecule has 132 valence electrons. The van der Waals surface area contributed by atoms with Gasteiger partial charge >= 0.3 is 0 Å². The molecular weight excluding hydrogens is 380 g/mol. The monoisotopic (exact) mass is 396 g/mol. The van der Waals surface area contributed by atoms with E-state index in [9.17, 15) is 13.2 Å². The lowest BCUT2D eigenvalue weighted by atomic mass is 10.2. The van der Waals surface area contributed by atoms with Crippen LogP contribution in [0.4, 0.5) is 5.69 Å². The molecule has 0 fully saturated rings. The van der Waals surface area contributed by atoms with Crippen molar-refractivity contribution in [3.63, 3.8) is 0 Å². The van der Waals surface area contributed by atoms with Crippen molar-refractivity contribution in [3.8, 4) is 0 Å². The third kappa shape index (κ3) is 6.81. The number of thioether (sulfide) groups is 1. The molecule has 0 aliphatic carbocycles. The number of nitrogens with one attached hydrogen (secondary N) is 1. The van der Waals surface area contributed by atoms with Crippen LogP contribution >= 0.6 is 23.4 Å². The predicted octanol–water partition coefficient (Wildman–Crippen LogP) is 3.72. The summed E-state index contributed by atoms with van der Waals surface area (Å²) in [4.78, 5) is 11.6. The van der Waals surface area contributed by atoms with Crippen LogP contribution in [0.25, 0.3) is 6.08 Å². The van der Waals surface area contributed by atoms with Gasteiger partial charge in [-0.25, -0.2) is 8.42 Å². The third-order valence-electron chi connectivity index (χ3n) is 3.05. The second-order valence-electron chi connectivity index (χ2n) is 5.06. The average molecular weight is 397 g/mol. The highest BCUT2D eigenvalue weighted by Gasteiger charge is 2.10. The van der Waals surface area contributed by atoms with Crippen molar-refractivity contribution in [3.05, 3.63) is 64.5 Å². The van der Waals surface area contributed by atoms with E-state index in [4.69, 9.17) is 17.3 Å². The van der Waals surface area contributed by atoms with Crippen LogP contribution in [0, 0.1) is 0 Å². The molecule has 0 spiro atoms. The molecule has 0 radical (unpaired) electrons. The molecule has 0 aromatic heterocycles. The molecule has 0 heterocycles. The number of amides is 1. The fraction of sp³-hybridized carbons (Fsp3) is 0.118. The fourth-order valence-corrected chi connectivity index (χ4v) is 3.92. The first-order valence-electron chi connectivity index (χ1n) is 7.32. The van der Waals surface area contributed by atoms with E-state index in [2.05, 4.69) is 4.72 Å². The van der Waals surface area contributed by atoms with E-state index < -0.39 is 15.9 Å². The topological polar surface area (TPSA) is 89.3 Å². The van der Waals surface area contributed by atoms with Crippen LogP contribution in [0.2, 0.25) is 5.02 Å². The number of para-hydroxylation sites is 1. The van der Waals surface area contributed by atoms with E-state index in [0.29, 0.717) is 16.5 Å². The maximum absolute atomic E-state index is 12.3. The summed E-state index contributed by atoms with van der Waals surface area (Å²) < 4.78 is 27.1. The van der Waals surface area contributed by atoms with Crippen molar-refractivity contribution in [2.45, 2.75) is 11.3 Å². The number of hydrogen-bond acceptors (Lipinski definition) is 4. The Labute approximate surface area is 156 Å². The summed E-state index contributed by atoms with van der Waals surface area (Å²) in [6.45, 7) is 0. The maximum atomic E-state index is 12.3. The zero-order valence-corrected chi connectivity index (χ0v) is 15.6. The molecule has 5 nitrogen and oxygen atoms in total. The van der Waals surface area contributed by atoms with Gasteiger partial charge in [-0.05, 0) is 35.9 Å². The maximum Gasteiger partial charge on any atom is 0.255 e. The van der Waals surface area contributed by atoms with Gasteiger partial charge in [0.25, 0.3) is 10.0 Å². The lowest BCUT2D eigenvalue weighted by Gasteiger charge is -2.10. The predicted molar refractivity (Wildman–Crippen MR) is 104 cm³/mol. The lowest BCUT2D eigenvalue weighted by molar-refractivity contribution is -0.117. The summed E-state index contributed by atoms with van der Waals surface area (Å²) in [7, 11) is -3.68. The number of benzene rings is 2. The first-order valence-corrected chi connectivity index (χ1v) is 10.2. The Balaban J connectivity index is 2.09. The van der Waals surface area contributed by atoms with Gasteiger partial charge in [0.2, 0.25) is 5.91 Å². The highest BCUT2D eigenvalue weighted by molar-refractivity contribution is 7.99. The van der Waals surface area contributed by atoms with Crippen molar-refractivity contribution in [2.24, 2.45) is 5.73 Å². The van der Waals surface area contributed by atoms with Crippen molar-refractivity contribution in [2.75, 3.05) is 10.5 Å². The van der Waals surface area contributed by atoms with Gasteiger partial charge in [-0.1, -0.05) is 35.9 Å². The van der Waals surface area contributed by atoms with Crippen LogP contribution in [0.5, 0.6) is 0 Å². The molecule has 0 aliphatic rings. The summed E-state index contributed by atoms with van der Waals surface area (Å²) in [5, 5.41) is 1.68. The Hall–Kier alpha value is -1.96. The largest absolute Gasteiger partial charge is 0.370 e. The Morgan fingerprint density at radius 1 is 1.16 bits per heavy atom. The summed E-state index contributed by atoms with van der Waals surface area (Å²) in [6, 6.07) is 13.8. The average Bonchev–Trinajstić information content (AvgIpc) is 2.55. The quantitative estimate of drug-likeness (QED) is 0.665. The summed E-state index contributed by atoms with van der Waals surface area (Å²) in [5.41, 5.74) is 6.30. The molecular formula is C17H17ClN2O3S2. The van der Waals surface area contributed by atoms with Crippen molar-refractivity contribution < 1.29 is 13.2 Å². The van der Waals surface area contributed by atoms with Crippen LogP contribution in [0.1, 0.15) is 12.0 Å². The number of rotatable bonds is 8. The van der Waals surface area contributed by atoms with E-state index >= 15 is 0 Å². The lowest BCUT2D eigenvalue weighted by Crippen LogP contribution is -2.11. The van der Waals surface area contributed by atoms with Gasteiger partial charge in [0.1, 0.15) is 0 Å². The van der Waals surface area contributed by atoms with Crippen molar-refractivity contribution in [1.82, 2.24) is 0 Å². The van der Waals surface area contributed by atoms with Gasteiger partial charge in [0.15, 0.2) is 0 Å². The number of hydrogen-bond donors (Lipinski definition) is 2. The first kappa shape index (κ1) is 19.4. The Kier molecular flexibility index (Phi) is 6.92. The van der Waals surface area contributed by atoms with Crippen LogP contribution < -0.4 is 10.5 Å². The van der Waals surface area contributed by atoms with Crippen LogP contribution in [0.15, 0.2) is 58.8 Å². The second kappa shape index (κ2) is 8.94. The molecule has 0 saturated carbocycles. The molecule has 0 atom stereocenters. The Bertz CT molecular complexity index is 866. The van der Waals surface area contributed by atoms with Crippen LogP contribution in [0.3, 0.4) is 0 Å². The molecule has 0 aliphatic heterocycles. The fourth-order valence-electron chi connectivity index (χ4n) is 1.87. The van der Waals surface area contributed by atoms with E-state index in [1.165, 1.54) is 17.8 Å². The van der Waals surface area contributed by atoms with Crippen LogP contribution in [-0.2, 0) is 14.8 Å². The minimum absolute atomic E-state index is 0.224. The zero-order valence-electron chi connectivity index (χ0n) is 13.2. The van der Waals surface area contributed by atoms with Gasteiger partial charge in [-0.15, -0.1) is 11.8 Å². The van der Waals surface area contributed by atoms with E-state index in [0.717, 1.165) is 15.9 Å². The number of anilines is 1. The molecule has 0 bridgehead atoms. The highest BCUT2D eigenvalue weighted by Crippen LogP contribution is 2.28. The number of sulfonamides is 1. The van der Waals surface area contributed by atoms with Gasteiger partial charge < -0.3 is 5.73 Å². The third-order valence-corrected chi connectivity index (χ3v) is 5.38. The summed E-state index contributed by atoms with van der Waals surface area (Å²) >= 11 is 7.17. The van der Waals surface area contributed by atoms with E-state index in [-0.39, 0.29) is 6.42 Å². The Morgan fingerprint density at radius 3 is 2.52 bits per heavy atom. The van der Waals surface area contributed by atoms with Crippen molar-refractivity contribution >= 4 is 51.1 Å². The standard InChI is InChI=1S/C17H17ClN2O3S2/c18-14-7-5-13(6-8-14)10-12-25(22,23)20-15-3-1-2-4-16(15)24-11-9-17(19)21/h1-8,10,12,20H,9,11H2,(H2,19,21). The molecule has 2 rings (SSSR count). The highest BCUT2D eigenvalue weighted by atomic mass is 35.5. The number of nitrogens with two attached hydrogens (primary N) is 1. The van der Waals surface area contributed by atoms with E-state index in [1.54, 1.807) is 48.5 Å². The molecule has 2 aromatic rings. The molecule has 8 heteroatoms. The number of halogens is 1. The number of primary amides is 1. The molecule has 25 heavy (non-hydrogen) atoms.